The van der Waals surface area contributed by atoms with E-state index in [-0.39, 0.29) is 11.8 Å². The maximum Gasteiger partial charge on any atom is 0.261 e. The van der Waals surface area contributed by atoms with E-state index in [4.69, 9.17) is 8.83 Å². The van der Waals surface area contributed by atoms with Gasteiger partial charge in [-0.3, -0.25) is 9.59 Å². The lowest BCUT2D eigenvalue weighted by Crippen LogP contribution is -2.32. The van der Waals surface area contributed by atoms with Crippen LogP contribution in [0.5, 0.6) is 0 Å². The van der Waals surface area contributed by atoms with Gasteiger partial charge in [0, 0.05) is 13.1 Å². The van der Waals surface area contributed by atoms with Crippen LogP contribution in [0, 0.1) is 11.8 Å². The molecule has 0 fully saturated rings. The lowest BCUT2D eigenvalue weighted by molar-refractivity contribution is -0.124. The van der Waals surface area contributed by atoms with Crippen LogP contribution in [0.2, 0.25) is 0 Å². The van der Waals surface area contributed by atoms with E-state index in [1.807, 2.05) is 34.1 Å². The molecule has 6 heteroatoms. The first-order valence-corrected chi connectivity index (χ1v) is 25.8. The van der Waals surface area contributed by atoms with Gasteiger partial charge in [-0.25, -0.2) is 0 Å². The quantitative estimate of drug-likeness (QED) is 0.0632. The Kier molecular flexibility index (Phi) is 24.9. The van der Waals surface area contributed by atoms with Crippen LogP contribution in [-0.2, 0) is 9.59 Å². The van der Waals surface area contributed by atoms with E-state index >= 15 is 0 Å². The van der Waals surface area contributed by atoms with Gasteiger partial charge in [-0.15, -0.1) is 0 Å². The van der Waals surface area contributed by atoms with E-state index in [0.29, 0.717) is 59.0 Å². The Labute approximate surface area is 367 Å². The molecular formula is C54H88N2O4. The van der Waals surface area contributed by atoms with Gasteiger partial charge in [0.1, 0.15) is 11.4 Å². The lowest BCUT2D eigenvalue weighted by Gasteiger charge is -2.26. The van der Waals surface area contributed by atoms with E-state index < -0.39 is 0 Å². The number of fused-ring (bicyclic) bond motifs is 1. The molecular weight excluding hydrogens is 741 g/mol. The van der Waals surface area contributed by atoms with Crippen molar-refractivity contribution in [2.75, 3.05) is 13.1 Å². The lowest BCUT2D eigenvalue weighted by atomic mass is 9.91. The highest BCUT2D eigenvalue weighted by Gasteiger charge is 2.50. The molecule has 2 aromatic heterocycles. The fraction of sp³-hybridized carbons (Fsp3) is 0.741. The topological polar surface area (TPSA) is 66.9 Å². The third-order valence-electron chi connectivity index (χ3n) is 13.6. The third-order valence-corrected chi connectivity index (χ3v) is 13.6. The maximum absolute atomic E-state index is 14.9. The van der Waals surface area contributed by atoms with Gasteiger partial charge in [-0.1, -0.05) is 220 Å². The Hall–Kier alpha value is -3.02. The summed E-state index contributed by atoms with van der Waals surface area (Å²) in [6.45, 7) is 10.3. The number of hydrogen-bond acceptors (Lipinski definition) is 4. The standard InChI is InChI=1S/C54H88N2O4/c1-5-9-13-17-21-25-29-35-45(33-27-23-19-15-11-7-3)39-41-55-51(47-37-31-43-59-47)49-50(53(55)57)52(48-38-32-44-60-48)56(54(49)58)42-40-46(34-28-24-20-16-12-8-4)36-30-26-22-18-14-10-6-2/h31-32,37-38,43-46H,5-30,33-36,39-42H2,1-4H3. The van der Waals surface area contributed by atoms with Gasteiger partial charge >= 0.3 is 0 Å². The molecule has 0 spiro atoms. The Morgan fingerprint density at radius 1 is 0.400 bits per heavy atom. The SMILES string of the molecule is CCCCCCCCCC(CCCCCCCC)CCN1C(=O)C2=C(c3ccco3)N(CCC(CCCCCCCC)CCCCCCCCC)C(=O)C2=C1c1ccco1. The molecule has 2 amide bonds. The molecule has 0 saturated carbocycles. The number of rotatable bonds is 38. The Bertz CT molecular complexity index is 1370. The molecule has 2 aromatic rings. The van der Waals surface area contributed by atoms with Gasteiger partial charge in [-0.05, 0) is 48.9 Å². The van der Waals surface area contributed by atoms with Crippen LogP contribution in [0.15, 0.2) is 56.8 Å². The number of furan rings is 2. The summed E-state index contributed by atoms with van der Waals surface area (Å²) in [7, 11) is 0. The van der Waals surface area contributed by atoms with Gasteiger partial charge in [0.05, 0.1) is 23.7 Å². The zero-order valence-electron chi connectivity index (χ0n) is 39.2. The molecule has 2 aliphatic rings. The molecule has 2 aliphatic heterocycles. The zero-order valence-corrected chi connectivity index (χ0v) is 39.2. The van der Waals surface area contributed by atoms with Gasteiger partial charge < -0.3 is 18.6 Å². The zero-order chi connectivity index (χ0) is 42.6. The molecule has 0 radical (unpaired) electrons. The van der Waals surface area contributed by atoms with Crippen LogP contribution < -0.4 is 0 Å². The fourth-order valence-corrected chi connectivity index (χ4v) is 9.86. The van der Waals surface area contributed by atoms with E-state index in [1.165, 1.54) is 193 Å². The average molecular weight is 829 g/mol. The van der Waals surface area contributed by atoms with Gasteiger partial charge in [0.25, 0.3) is 11.8 Å². The van der Waals surface area contributed by atoms with Crippen LogP contribution >= 0.6 is 0 Å². The second kappa shape index (κ2) is 30.1. The summed E-state index contributed by atoms with van der Waals surface area (Å²) in [6.07, 6.45) is 44.0. The second-order valence-corrected chi connectivity index (χ2v) is 18.6. The molecule has 2 unspecified atom stereocenters. The molecule has 2 atom stereocenters. The van der Waals surface area contributed by atoms with Crippen LogP contribution in [0.3, 0.4) is 0 Å². The summed E-state index contributed by atoms with van der Waals surface area (Å²) >= 11 is 0. The molecule has 60 heavy (non-hydrogen) atoms. The third kappa shape index (κ3) is 16.4. The van der Waals surface area contributed by atoms with E-state index in [9.17, 15) is 9.59 Å². The highest BCUT2D eigenvalue weighted by Crippen LogP contribution is 2.47. The predicted molar refractivity (Wildman–Crippen MR) is 252 cm³/mol. The van der Waals surface area contributed by atoms with Crippen molar-refractivity contribution in [3.05, 3.63) is 59.5 Å². The Balaban J connectivity index is 1.51. The molecule has 0 saturated heterocycles. The molecule has 338 valence electrons. The van der Waals surface area contributed by atoms with Crippen molar-refractivity contribution in [1.82, 2.24) is 9.80 Å². The molecule has 0 bridgehead atoms. The molecule has 4 rings (SSSR count). The smallest absolute Gasteiger partial charge is 0.261 e. The first-order chi connectivity index (χ1) is 29.5. The van der Waals surface area contributed by atoms with Crippen LogP contribution in [-0.4, -0.2) is 34.7 Å². The highest BCUT2D eigenvalue weighted by atomic mass is 16.3. The first kappa shape index (κ1) is 49.6. The van der Waals surface area contributed by atoms with Gasteiger partial charge in [0.15, 0.2) is 11.5 Å². The molecule has 4 heterocycles. The number of nitrogens with zero attached hydrogens (tertiary/aromatic N) is 2. The van der Waals surface area contributed by atoms with Crippen molar-refractivity contribution >= 4 is 23.2 Å². The van der Waals surface area contributed by atoms with E-state index in [2.05, 4.69) is 27.7 Å². The van der Waals surface area contributed by atoms with Crippen molar-refractivity contribution in [2.45, 2.75) is 233 Å². The van der Waals surface area contributed by atoms with E-state index in [1.54, 1.807) is 12.5 Å². The minimum atomic E-state index is -0.0837. The number of carbonyl (C=O) groups is 2. The largest absolute Gasteiger partial charge is 0.463 e. The Morgan fingerprint density at radius 3 is 0.950 bits per heavy atom. The molecule has 0 aromatic carbocycles. The molecule has 0 aliphatic carbocycles. The fourth-order valence-electron chi connectivity index (χ4n) is 9.86. The summed E-state index contributed by atoms with van der Waals surface area (Å²) in [5, 5.41) is 0. The first-order valence-electron chi connectivity index (χ1n) is 25.8. The molecule has 0 N–H and O–H groups in total. The number of hydrogen-bond donors (Lipinski definition) is 0. The summed E-state index contributed by atoms with van der Waals surface area (Å²) in [6, 6.07) is 7.57. The van der Waals surface area contributed by atoms with E-state index in [0.717, 1.165) is 12.8 Å². The monoisotopic (exact) mass is 829 g/mol. The Morgan fingerprint density at radius 2 is 0.683 bits per heavy atom. The summed E-state index contributed by atoms with van der Waals surface area (Å²) < 4.78 is 12.1. The van der Waals surface area contributed by atoms with Crippen molar-refractivity contribution in [3.8, 4) is 0 Å². The molecule has 6 nitrogen and oxygen atoms in total. The minimum absolute atomic E-state index is 0.0837. The second-order valence-electron chi connectivity index (χ2n) is 18.6. The van der Waals surface area contributed by atoms with Crippen LogP contribution in [0.1, 0.15) is 245 Å². The summed E-state index contributed by atoms with van der Waals surface area (Å²) in [4.78, 5) is 33.5. The van der Waals surface area contributed by atoms with Crippen molar-refractivity contribution in [2.24, 2.45) is 11.8 Å². The number of unbranched alkanes of at least 4 members (excludes halogenated alkanes) is 22. The average Bonchev–Trinajstić information content (AvgIpc) is 4.08. The predicted octanol–water partition coefficient (Wildman–Crippen LogP) is 16.5. The van der Waals surface area contributed by atoms with Crippen molar-refractivity contribution in [1.29, 1.82) is 0 Å². The number of carbonyl (C=O) groups excluding carboxylic acids is 2. The van der Waals surface area contributed by atoms with Crippen molar-refractivity contribution in [3.63, 3.8) is 0 Å². The van der Waals surface area contributed by atoms with Gasteiger partial charge in [0.2, 0.25) is 0 Å². The van der Waals surface area contributed by atoms with Crippen molar-refractivity contribution < 1.29 is 18.4 Å². The highest BCUT2D eigenvalue weighted by molar-refractivity contribution is 6.29. The normalized spacial score (nSPS) is 15.3. The maximum atomic E-state index is 14.9. The van der Waals surface area contributed by atoms with Crippen LogP contribution in [0.25, 0.3) is 11.4 Å². The minimum Gasteiger partial charge on any atom is -0.463 e. The van der Waals surface area contributed by atoms with Gasteiger partial charge in [-0.2, -0.15) is 0 Å². The summed E-state index contributed by atoms with van der Waals surface area (Å²) in [5.74, 6) is 2.16. The van der Waals surface area contributed by atoms with Crippen LogP contribution in [0.4, 0.5) is 0 Å². The summed E-state index contributed by atoms with van der Waals surface area (Å²) in [5.41, 5.74) is 2.30. The number of amides is 2.